The monoisotopic (exact) mass is 371 g/mol. The molecule has 138 valence electrons. The summed E-state index contributed by atoms with van der Waals surface area (Å²) in [5.41, 5.74) is 2.06. The van der Waals surface area contributed by atoms with Crippen molar-refractivity contribution in [1.29, 1.82) is 0 Å². The predicted molar refractivity (Wildman–Crippen MR) is 105 cm³/mol. The molecule has 0 saturated carbocycles. The van der Waals surface area contributed by atoms with Crippen LogP contribution >= 0.6 is 11.3 Å². The number of para-hydroxylation sites is 1. The Morgan fingerprint density at radius 3 is 2.85 bits per heavy atom. The third-order valence-electron chi connectivity index (χ3n) is 3.96. The fourth-order valence-electron chi connectivity index (χ4n) is 2.85. The Morgan fingerprint density at radius 1 is 1.35 bits per heavy atom. The lowest BCUT2D eigenvalue weighted by Crippen LogP contribution is -2.42. The fourth-order valence-corrected chi connectivity index (χ4v) is 3.82. The number of hydrogen-bond donors (Lipinski definition) is 1. The van der Waals surface area contributed by atoms with Crippen molar-refractivity contribution in [2.24, 2.45) is 13.0 Å². The van der Waals surface area contributed by atoms with Crippen LogP contribution in [0.1, 0.15) is 24.4 Å². The maximum Gasteiger partial charge on any atom is 0.317 e. The first kappa shape index (κ1) is 18.4. The van der Waals surface area contributed by atoms with E-state index in [0.717, 1.165) is 22.5 Å². The van der Waals surface area contributed by atoms with Crippen LogP contribution in [0.4, 0.5) is 4.79 Å². The third-order valence-corrected chi connectivity index (χ3v) is 5.05. The molecule has 0 spiro atoms. The van der Waals surface area contributed by atoms with E-state index >= 15 is 0 Å². The number of carbonyl (C=O) groups excluding carboxylic acids is 1. The van der Waals surface area contributed by atoms with Gasteiger partial charge in [-0.25, -0.2) is 9.78 Å². The molecule has 0 atom stereocenters. The van der Waals surface area contributed by atoms with E-state index in [1.54, 1.807) is 16.0 Å². The van der Waals surface area contributed by atoms with Crippen LogP contribution in [0.15, 0.2) is 36.7 Å². The molecule has 6 nitrogen and oxygen atoms in total. The molecular formula is C19H25N5OS. The number of urea groups is 1. The molecule has 2 heterocycles. The molecule has 0 bridgehead atoms. The molecule has 3 aromatic rings. The van der Waals surface area contributed by atoms with Gasteiger partial charge in [0, 0.05) is 38.3 Å². The van der Waals surface area contributed by atoms with Crippen molar-refractivity contribution < 1.29 is 4.79 Å². The Morgan fingerprint density at radius 2 is 2.15 bits per heavy atom. The maximum absolute atomic E-state index is 12.6. The molecule has 0 fully saturated rings. The number of amides is 2. The van der Waals surface area contributed by atoms with Crippen molar-refractivity contribution in [2.75, 3.05) is 13.1 Å². The van der Waals surface area contributed by atoms with Gasteiger partial charge in [-0.05, 0) is 18.1 Å². The number of aromatic nitrogens is 3. The van der Waals surface area contributed by atoms with E-state index in [9.17, 15) is 4.79 Å². The van der Waals surface area contributed by atoms with Gasteiger partial charge >= 0.3 is 6.03 Å². The summed E-state index contributed by atoms with van der Waals surface area (Å²) < 4.78 is 2.94. The normalized spacial score (nSPS) is 11.2. The molecule has 0 saturated heterocycles. The molecule has 1 N–H and O–H groups in total. The van der Waals surface area contributed by atoms with Gasteiger partial charge in [0.2, 0.25) is 0 Å². The molecule has 3 rings (SSSR count). The fraction of sp³-hybridized carbons (Fsp3) is 0.421. The number of rotatable bonds is 7. The Kier molecular flexibility index (Phi) is 5.88. The van der Waals surface area contributed by atoms with Gasteiger partial charge in [-0.15, -0.1) is 11.3 Å². The number of fused-ring (bicyclic) bond motifs is 1. The molecule has 1 aromatic carbocycles. The van der Waals surface area contributed by atoms with Gasteiger partial charge in [0.25, 0.3) is 0 Å². The van der Waals surface area contributed by atoms with E-state index in [1.165, 1.54) is 4.70 Å². The second-order valence-corrected chi connectivity index (χ2v) is 7.97. The zero-order valence-electron chi connectivity index (χ0n) is 15.5. The van der Waals surface area contributed by atoms with Gasteiger partial charge in [0.15, 0.2) is 0 Å². The first-order valence-corrected chi connectivity index (χ1v) is 9.67. The number of aryl methyl sites for hydroxylation is 1. The van der Waals surface area contributed by atoms with Crippen molar-refractivity contribution >= 4 is 27.6 Å². The van der Waals surface area contributed by atoms with Crippen molar-refractivity contribution in [1.82, 2.24) is 25.0 Å². The number of carbonyl (C=O) groups is 1. The van der Waals surface area contributed by atoms with Gasteiger partial charge in [0.05, 0.1) is 28.0 Å². The van der Waals surface area contributed by atoms with Gasteiger partial charge in [-0.3, -0.25) is 4.68 Å². The summed E-state index contributed by atoms with van der Waals surface area (Å²) in [5, 5.41) is 8.27. The Hall–Kier alpha value is -2.41. The van der Waals surface area contributed by atoms with Crippen LogP contribution in [0.2, 0.25) is 0 Å². The van der Waals surface area contributed by atoms with Gasteiger partial charge in [-0.2, -0.15) is 5.10 Å². The molecule has 0 radical (unpaired) electrons. The number of hydrogen-bond acceptors (Lipinski definition) is 4. The highest BCUT2D eigenvalue weighted by Crippen LogP contribution is 2.21. The average Bonchev–Trinajstić information content (AvgIpc) is 3.19. The highest BCUT2D eigenvalue weighted by molar-refractivity contribution is 7.18. The summed E-state index contributed by atoms with van der Waals surface area (Å²) in [6.07, 6.45) is 4.50. The van der Waals surface area contributed by atoms with Crippen LogP contribution in [-0.2, 0) is 20.0 Å². The van der Waals surface area contributed by atoms with E-state index < -0.39 is 0 Å². The summed E-state index contributed by atoms with van der Waals surface area (Å²) in [6, 6.07) is 8.08. The summed E-state index contributed by atoms with van der Waals surface area (Å²) in [4.78, 5) is 19.1. The minimum atomic E-state index is -0.0383. The smallest absolute Gasteiger partial charge is 0.317 e. The third kappa shape index (κ3) is 4.82. The SMILES string of the molecule is CC(C)CN(Cc1cnn(C)c1)C(=O)NCCc1nc2ccccc2s1. The highest BCUT2D eigenvalue weighted by atomic mass is 32.1. The van der Waals surface area contributed by atoms with Crippen molar-refractivity contribution in [2.45, 2.75) is 26.8 Å². The molecule has 0 unspecified atom stereocenters. The van der Waals surface area contributed by atoms with E-state index in [4.69, 9.17) is 0 Å². The maximum atomic E-state index is 12.6. The molecule has 2 amide bonds. The zero-order valence-corrected chi connectivity index (χ0v) is 16.3. The average molecular weight is 372 g/mol. The van der Waals surface area contributed by atoms with E-state index in [-0.39, 0.29) is 6.03 Å². The Labute approximate surface area is 157 Å². The number of nitrogens with one attached hydrogen (secondary N) is 1. The first-order valence-electron chi connectivity index (χ1n) is 8.86. The molecule has 0 aliphatic heterocycles. The molecule has 7 heteroatoms. The number of thiazole rings is 1. The summed E-state index contributed by atoms with van der Waals surface area (Å²) >= 11 is 1.69. The Balaban J connectivity index is 1.56. The highest BCUT2D eigenvalue weighted by Gasteiger charge is 2.16. The number of benzene rings is 1. The van der Waals surface area contributed by atoms with Crippen LogP contribution in [0.3, 0.4) is 0 Å². The van der Waals surface area contributed by atoms with Crippen molar-refractivity contribution in [3.05, 3.63) is 47.2 Å². The molecule has 0 aliphatic carbocycles. The van der Waals surface area contributed by atoms with Crippen molar-refractivity contribution in [3.8, 4) is 0 Å². The summed E-state index contributed by atoms with van der Waals surface area (Å²) in [7, 11) is 1.88. The quantitative estimate of drug-likeness (QED) is 0.692. The lowest BCUT2D eigenvalue weighted by Gasteiger charge is -2.24. The lowest BCUT2D eigenvalue weighted by atomic mass is 10.2. The van der Waals surface area contributed by atoms with E-state index in [1.807, 2.05) is 42.5 Å². The van der Waals surface area contributed by atoms with Crippen LogP contribution in [0.25, 0.3) is 10.2 Å². The first-order chi connectivity index (χ1) is 12.5. The van der Waals surface area contributed by atoms with Gasteiger partial charge in [-0.1, -0.05) is 26.0 Å². The lowest BCUT2D eigenvalue weighted by molar-refractivity contribution is 0.188. The van der Waals surface area contributed by atoms with E-state index in [0.29, 0.717) is 25.6 Å². The Bertz CT molecular complexity index is 837. The van der Waals surface area contributed by atoms with Crippen LogP contribution < -0.4 is 5.32 Å². The standard InChI is InChI=1S/C19H25N5OS/c1-14(2)11-24(13-15-10-21-23(3)12-15)19(25)20-9-8-18-22-16-6-4-5-7-17(16)26-18/h4-7,10,12,14H,8-9,11,13H2,1-3H3,(H,20,25). The summed E-state index contributed by atoms with van der Waals surface area (Å²) in [5.74, 6) is 0.404. The summed E-state index contributed by atoms with van der Waals surface area (Å²) in [6.45, 7) is 6.09. The second kappa shape index (κ2) is 8.31. The van der Waals surface area contributed by atoms with E-state index in [2.05, 4.69) is 35.3 Å². The molecule has 26 heavy (non-hydrogen) atoms. The zero-order chi connectivity index (χ0) is 18.5. The van der Waals surface area contributed by atoms with Crippen LogP contribution in [0, 0.1) is 5.92 Å². The predicted octanol–water partition coefficient (Wildman–Crippen LogP) is 3.44. The largest absolute Gasteiger partial charge is 0.338 e. The van der Waals surface area contributed by atoms with Gasteiger partial charge in [0.1, 0.15) is 0 Å². The number of nitrogens with zero attached hydrogens (tertiary/aromatic N) is 4. The molecular weight excluding hydrogens is 346 g/mol. The van der Waals surface area contributed by atoms with Crippen LogP contribution in [0.5, 0.6) is 0 Å². The molecule has 0 aliphatic rings. The second-order valence-electron chi connectivity index (χ2n) is 6.85. The molecule has 2 aromatic heterocycles. The van der Waals surface area contributed by atoms with Gasteiger partial charge < -0.3 is 10.2 Å². The minimum absolute atomic E-state index is 0.0383. The van der Waals surface area contributed by atoms with Crippen LogP contribution in [-0.4, -0.2) is 38.8 Å². The minimum Gasteiger partial charge on any atom is -0.338 e. The van der Waals surface area contributed by atoms with Crippen molar-refractivity contribution in [3.63, 3.8) is 0 Å². The topological polar surface area (TPSA) is 63.1 Å².